The van der Waals surface area contributed by atoms with Crippen molar-refractivity contribution in [3.05, 3.63) is 0 Å². The van der Waals surface area contributed by atoms with E-state index in [0.717, 1.165) is 19.3 Å². The summed E-state index contributed by atoms with van der Waals surface area (Å²) >= 11 is 0. The lowest BCUT2D eigenvalue weighted by Crippen LogP contribution is -2.31. The zero-order valence-corrected chi connectivity index (χ0v) is 10.3. The van der Waals surface area contributed by atoms with Gasteiger partial charge in [0.05, 0.1) is 11.7 Å². The molecule has 0 aromatic heterocycles. The van der Waals surface area contributed by atoms with Crippen LogP contribution in [0.4, 0.5) is 0 Å². The van der Waals surface area contributed by atoms with Gasteiger partial charge in [-0.2, -0.15) is 0 Å². The van der Waals surface area contributed by atoms with Gasteiger partial charge in [0.15, 0.2) is 0 Å². The molecule has 0 radical (unpaired) electrons. The van der Waals surface area contributed by atoms with Gasteiger partial charge in [-0.15, -0.1) is 0 Å². The summed E-state index contributed by atoms with van der Waals surface area (Å²) in [7, 11) is -2.93. The molecule has 0 spiro atoms. The van der Waals surface area contributed by atoms with Gasteiger partial charge in [0.2, 0.25) is 0 Å². The van der Waals surface area contributed by atoms with Crippen molar-refractivity contribution in [2.75, 3.05) is 25.1 Å². The van der Waals surface area contributed by atoms with Crippen LogP contribution in [0.2, 0.25) is 0 Å². The van der Waals surface area contributed by atoms with Crippen LogP contribution in [-0.2, 0) is 14.6 Å². The molecule has 1 aliphatic carbocycles. The molecule has 5 nitrogen and oxygen atoms in total. The van der Waals surface area contributed by atoms with Crippen molar-refractivity contribution in [1.82, 2.24) is 5.32 Å². The molecule has 0 amide bonds. The van der Waals surface area contributed by atoms with Gasteiger partial charge in [0.25, 0.3) is 0 Å². The summed E-state index contributed by atoms with van der Waals surface area (Å²) in [4.78, 5) is 10.9. The van der Waals surface area contributed by atoms with Gasteiger partial charge in [0.1, 0.15) is 9.84 Å². The average molecular weight is 249 g/mol. The van der Waals surface area contributed by atoms with Crippen molar-refractivity contribution in [2.45, 2.75) is 19.3 Å². The molecule has 0 aromatic rings. The Bertz CT molecular complexity index is 339. The first-order chi connectivity index (χ1) is 7.40. The Balaban J connectivity index is 2.25. The molecule has 94 valence electrons. The van der Waals surface area contributed by atoms with Crippen LogP contribution in [0.1, 0.15) is 19.3 Å². The van der Waals surface area contributed by atoms with E-state index < -0.39 is 15.8 Å². The van der Waals surface area contributed by atoms with Gasteiger partial charge in [-0.3, -0.25) is 4.79 Å². The van der Waals surface area contributed by atoms with Crippen LogP contribution in [-0.4, -0.2) is 44.6 Å². The monoisotopic (exact) mass is 249 g/mol. The Morgan fingerprint density at radius 2 is 2.12 bits per heavy atom. The fourth-order valence-corrected chi connectivity index (χ4v) is 2.67. The number of hydrogen-bond acceptors (Lipinski definition) is 4. The van der Waals surface area contributed by atoms with E-state index in [1.54, 1.807) is 0 Å². The molecule has 0 saturated heterocycles. The van der Waals surface area contributed by atoms with E-state index in [1.165, 1.54) is 6.26 Å². The van der Waals surface area contributed by atoms with E-state index in [-0.39, 0.29) is 17.6 Å². The Morgan fingerprint density at radius 3 is 2.69 bits per heavy atom. The predicted octanol–water partition coefficient (Wildman–Crippen LogP) is 0.121. The van der Waals surface area contributed by atoms with E-state index in [1.807, 2.05) is 0 Å². The highest BCUT2D eigenvalue weighted by molar-refractivity contribution is 7.90. The Kier molecular flexibility index (Phi) is 4.73. The molecule has 2 N–H and O–H groups in total. The van der Waals surface area contributed by atoms with Crippen molar-refractivity contribution in [3.8, 4) is 0 Å². The first-order valence-electron chi connectivity index (χ1n) is 5.51. The van der Waals surface area contributed by atoms with E-state index >= 15 is 0 Å². The zero-order valence-electron chi connectivity index (χ0n) is 9.48. The van der Waals surface area contributed by atoms with Crippen LogP contribution in [0, 0.1) is 11.8 Å². The molecule has 16 heavy (non-hydrogen) atoms. The highest BCUT2D eigenvalue weighted by Gasteiger charge is 2.32. The third-order valence-corrected chi connectivity index (χ3v) is 3.98. The van der Waals surface area contributed by atoms with Crippen LogP contribution in [0.15, 0.2) is 0 Å². The molecule has 1 rings (SSSR count). The SMILES string of the molecule is CS(=O)(=O)CCNCC1CCCC1C(=O)O. The van der Waals surface area contributed by atoms with Crippen LogP contribution in [0.25, 0.3) is 0 Å². The highest BCUT2D eigenvalue weighted by atomic mass is 32.2. The first kappa shape index (κ1) is 13.4. The van der Waals surface area contributed by atoms with E-state index in [9.17, 15) is 13.2 Å². The molecule has 0 heterocycles. The molecular weight excluding hydrogens is 230 g/mol. The van der Waals surface area contributed by atoms with Gasteiger partial charge in [-0.25, -0.2) is 8.42 Å². The third-order valence-electron chi connectivity index (χ3n) is 3.03. The number of sulfone groups is 1. The minimum Gasteiger partial charge on any atom is -0.481 e. The Morgan fingerprint density at radius 1 is 1.44 bits per heavy atom. The van der Waals surface area contributed by atoms with Crippen LogP contribution >= 0.6 is 0 Å². The van der Waals surface area contributed by atoms with Gasteiger partial charge < -0.3 is 10.4 Å². The van der Waals surface area contributed by atoms with Crippen molar-refractivity contribution in [3.63, 3.8) is 0 Å². The quantitative estimate of drug-likeness (QED) is 0.653. The van der Waals surface area contributed by atoms with E-state index in [2.05, 4.69) is 5.32 Å². The van der Waals surface area contributed by atoms with Crippen LogP contribution < -0.4 is 5.32 Å². The standard InChI is InChI=1S/C10H19NO4S/c1-16(14,15)6-5-11-7-8-3-2-4-9(8)10(12)13/h8-9,11H,2-7H2,1H3,(H,12,13). The third kappa shape index (κ3) is 4.49. The molecule has 1 fully saturated rings. The summed E-state index contributed by atoms with van der Waals surface area (Å²) in [5.41, 5.74) is 0. The smallest absolute Gasteiger partial charge is 0.306 e. The Labute approximate surface area is 96.1 Å². The van der Waals surface area contributed by atoms with Crippen molar-refractivity contribution < 1.29 is 18.3 Å². The maximum Gasteiger partial charge on any atom is 0.306 e. The van der Waals surface area contributed by atoms with Gasteiger partial charge in [-0.05, 0) is 25.3 Å². The summed E-state index contributed by atoms with van der Waals surface area (Å²) in [6.45, 7) is 1.01. The second kappa shape index (κ2) is 5.63. The van der Waals surface area contributed by atoms with Gasteiger partial charge in [0, 0.05) is 12.8 Å². The van der Waals surface area contributed by atoms with Gasteiger partial charge in [-0.1, -0.05) is 6.42 Å². The van der Waals surface area contributed by atoms with Crippen LogP contribution in [0.5, 0.6) is 0 Å². The highest BCUT2D eigenvalue weighted by Crippen LogP contribution is 2.31. The summed E-state index contributed by atoms with van der Waals surface area (Å²) in [5, 5.41) is 12.0. The van der Waals surface area contributed by atoms with Crippen molar-refractivity contribution >= 4 is 15.8 Å². The maximum atomic E-state index is 10.9. The number of carboxylic acid groups (broad SMARTS) is 1. The second-order valence-electron chi connectivity index (χ2n) is 4.47. The summed E-state index contributed by atoms with van der Waals surface area (Å²) in [6.07, 6.45) is 3.82. The minimum atomic E-state index is -2.93. The number of hydrogen-bond donors (Lipinski definition) is 2. The predicted molar refractivity (Wildman–Crippen MR) is 61.0 cm³/mol. The van der Waals surface area contributed by atoms with E-state index in [4.69, 9.17) is 5.11 Å². The Hall–Kier alpha value is -0.620. The number of nitrogens with one attached hydrogen (secondary N) is 1. The summed E-state index contributed by atoms with van der Waals surface area (Å²) in [5.74, 6) is -0.729. The average Bonchev–Trinajstić information content (AvgIpc) is 2.58. The first-order valence-corrected chi connectivity index (χ1v) is 7.57. The molecular formula is C10H19NO4S. The molecule has 6 heteroatoms. The topological polar surface area (TPSA) is 83.5 Å². The largest absolute Gasteiger partial charge is 0.481 e. The lowest BCUT2D eigenvalue weighted by molar-refractivity contribution is -0.142. The number of aliphatic carboxylic acids is 1. The summed E-state index contributed by atoms with van der Waals surface area (Å²) in [6, 6.07) is 0. The van der Waals surface area contributed by atoms with E-state index in [0.29, 0.717) is 13.1 Å². The molecule has 0 aromatic carbocycles. The molecule has 1 saturated carbocycles. The van der Waals surface area contributed by atoms with Crippen molar-refractivity contribution in [2.24, 2.45) is 11.8 Å². The molecule has 2 unspecified atom stereocenters. The maximum absolute atomic E-state index is 10.9. The van der Waals surface area contributed by atoms with Gasteiger partial charge >= 0.3 is 5.97 Å². The van der Waals surface area contributed by atoms with Crippen LogP contribution in [0.3, 0.4) is 0 Å². The summed E-state index contributed by atoms with van der Waals surface area (Å²) < 4.78 is 21.7. The number of carbonyl (C=O) groups is 1. The zero-order chi connectivity index (χ0) is 12.2. The second-order valence-corrected chi connectivity index (χ2v) is 6.73. The molecule has 0 bridgehead atoms. The fraction of sp³-hybridized carbons (Fsp3) is 0.900. The lowest BCUT2D eigenvalue weighted by Gasteiger charge is -2.15. The fourth-order valence-electron chi connectivity index (χ4n) is 2.15. The molecule has 1 aliphatic rings. The normalized spacial score (nSPS) is 25.8. The molecule has 2 atom stereocenters. The minimum absolute atomic E-state index is 0.109. The molecule has 0 aliphatic heterocycles. The number of rotatable bonds is 6. The van der Waals surface area contributed by atoms with Crippen molar-refractivity contribution in [1.29, 1.82) is 0 Å². The lowest BCUT2D eigenvalue weighted by atomic mass is 9.96. The number of carboxylic acids is 1.